The molecule has 0 aromatic heterocycles. The number of halogens is 2. The highest BCUT2D eigenvalue weighted by Gasteiger charge is 2.20. The maximum atomic E-state index is 12.2. The number of hydrogen-bond acceptors (Lipinski definition) is 6. The van der Waals surface area contributed by atoms with Crippen molar-refractivity contribution in [1.82, 2.24) is 0 Å². The molecule has 0 radical (unpaired) electrons. The van der Waals surface area contributed by atoms with Crippen LogP contribution in [-0.2, 0) is 10.0 Å². The molecule has 0 aliphatic rings. The summed E-state index contributed by atoms with van der Waals surface area (Å²) in [6, 6.07) is 8.56. The number of anilines is 1. The molecule has 1 unspecified atom stereocenters. The summed E-state index contributed by atoms with van der Waals surface area (Å²) in [7, 11) is -4.08. The van der Waals surface area contributed by atoms with Crippen molar-refractivity contribution < 1.29 is 26.9 Å². The first-order valence-corrected chi connectivity index (χ1v) is 8.75. The lowest BCUT2D eigenvalue weighted by atomic mass is 10.1. The third-order valence-corrected chi connectivity index (χ3v) is 4.38. The van der Waals surface area contributed by atoms with Crippen molar-refractivity contribution >= 4 is 21.4 Å². The van der Waals surface area contributed by atoms with Crippen LogP contribution in [0.3, 0.4) is 0 Å². The van der Waals surface area contributed by atoms with E-state index in [0.29, 0.717) is 5.56 Å². The molecule has 11 heteroatoms. The van der Waals surface area contributed by atoms with Crippen LogP contribution in [0.1, 0.15) is 18.5 Å². The molecule has 0 saturated heterocycles. The minimum atomic E-state index is -4.08. The fourth-order valence-electron chi connectivity index (χ4n) is 2.22. The summed E-state index contributed by atoms with van der Waals surface area (Å²) in [6.45, 7) is -1.24. The first kappa shape index (κ1) is 19.5. The summed E-state index contributed by atoms with van der Waals surface area (Å²) in [6.07, 6.45) is 0. The Morgan fingerprint density at radius 2 is 1.81 bits per heavy atom. The molecule has 26 heavy (non-hydrogen) atoms. The van der Waals surface area contributed by atoms with Gasteiger partial charge in [-0.15, -0.1) is 0 Å². The molecule has 0 amide bonds. The molecular formula is C15H15F2N3O5S. The zero-order valence-corrected chi connectivity index (χ0v) is 14.2. The third-order valence-electron chi connectivity index (χ3n) is 3.47. The number of benzene rings is 2. The van der Waals surface area contributed by atoms with Crippen LogP contribution in [0.25, 0.3) is 0 Å². The maximum Gasteiger partial charge on any atom is 0.387 e. The van der Waals surface area contributed by atoms with Gasteiger partial charge >= 0.3 is 6.61 Å². The lowest BCUT2D eigenvalue weighted by Crippen LogP contribution is -2.13. The summed E-state index contributed by atoms with van der Waals surface area (Å²) >= 11 is 0. The number of nitrogens with one attached hydrogen (secondary N) is 1. The van der Waals surface area contributed by atoms with Crippen molar-refractivity contribution in [3.63, 3.8) is 0 Å². The van der Waals surface area contributed by atoms with E-state index in [-0.39, 0.29) is 16.3 Å². The van der Waals surface area contributed by atoms with E-state index in [2.05, 4.69) is 10.1 Å². The molecule has 0 aliphatic heterocycles. The molecule has 0 saturated carbocycles. The minimum absolute atomic E-state index is 0.0144. The molecule has 2 aromatic carbocycles. The standard InChI is InChI=1S/C15H15F2N3O5S/c1-9(10-2-4-11(5-3-10)25-15(16)17)19-13-7-6-12(26(18,23)24)8-14(13)20(21)22/h2-9,15,19H,1H3,(H2,18,23,24). The Labute approximate surface area is 147 Å². The average molecular weight is 387 g/mol. The van der Waals surface area contributed by atoms with Crippen LogP contribution in [0.15, 0.2) is 47.4 Å². The molecule has 0 spiro atoms. The van der Waals surface area contributed by atoms with E-state index in [1.54, 1.807) is 6.92 Å². The number of ether oxygens (including phenoxy) is 1. The lowest BCUT2D eigenvalue weighted by Gasteiger charge is -2.16. The number of nitrogens with zero attached hydrogens (tertiary/aromatic N) is 1. The highest BCUT2D eigenvalue weighted by Crippen LogP contribution is 2.30. The molecule has 3 N–H and O–H groups in total. The summed E-state index contributed by atoms with van der Waals surface area (Å²) in [4.78, 5) is 10.1. The zero-order valence-electron chi connectivity index (χ0n) is 13.4. The molecule has 1 atom stereocenters. The van der Waals surface area contributed by atoms with E-state index >= 15 is 0 Å². The summed E-state index contributed by atoms with van der Waals surface area (Å²) in [5, 5.41) is 19.1. The number of sulfonamides is 1. The quantitative estimate of drug-likeness (QED) is 0.556. The van der Waals surface area contributed by atoms with Gasteiger partial charge in [0.2, 0.25) is 10.0 Å². The molecule has 0 heterocycles. The van der Waals surface area contributed by atoms with Crippen molar-refractivity contribution in [2.45, 2.75) is 24.5 Å². The fraction of sp³-hybridized carbons (Fsp3) is 0.200. The first-order valence-electron chi connectivity index (χ1n) is 7.20. The summed E-state index contributed by atoms with van der Waals surface area (Å²) < 4.78 is 51.2. The van der Waals surface area contributed by atoms with Gasteiger partial charge in [-0.05, 0) is 36.8 Å². The van der Waals surface area contributed by atoms with Crippen LogP contribution in [-0.4, -0.2) is 20.0 Å². The predicted molar refractivity (Wildman–Crippen MR) is 89.6 cm³/mol. The van der Waals surface area contributed by atoms with E-state index < -0.39 is 33.3 Å². The first-order chi connectivity index (χ1) is 12.1. The molecular weight excluding hydrogens is 372 g/mol. The topological polar surface area (TPSA) is 125 Å². The Kier molecular flexibility index (Phi) is 5.73. The summed E-state index contributed by atoms with van der Waals surface area (Å²) in [5.41, 5.74) is 0.278. The zero-order chi connectivity index (χ0) is 19.5. The molecule has 140 valence electrons. The minimum Gasteiger partial charge on any atom is -0.435 e. The lowest BCUT2D eigenvalue weighted by molar-refractivity contribution is -0.384. The number of nitrogens with two attached hydrogens (primary N) is 1. The third kappa shape index (κ3) is 4.86. The molecule has 0 bridgehead atoms. The van der Waals surface area contributed by atoms with Crippen molar-refractivity contribution in [2.75, 3.05) is 5.32 Å². The normalized spacial score (nSPS) is 12.7. The average Bonchev–Trinajstić information content (AvgIpc) is 2.54. The van der Waals surface area contributed by atoms with Gasteiger partial charge < -0.3 is 10.1 Å². The number of rotatable bonds is 7. The van der Waals surface area contributed by atoms with Gasteiger partial charge in [0.1, 0.15) is 11.4 Å². The van der Waals surface area contributed by atoms with Crippen molar-refractivity contribution in [3.8, 4) is 5.75 Å². The number of nitro benzene ring substituents is 1. The van der Waals surface area contributed by atoms with Gasteiger partial charge in [-0.2, -0.15) is 8.78 Å². The second kappa shape index (κ2) is 7.62. The fourth-order valence-corrected chi connectivity index (χ4v) is 2.75. The van der Waals surface area contributed by atoms with E-state index in [0.717, 1.165) is 12.1 Å². The Morgan fingerprint density at radius 3 is 2.31 bits per heavy atom. The van der Waals surface area contributed by atoms with Gasteiger partial charge in [-0.3, -0.25) is 10.1 Å². The Hall–Kier alpha value is -2.79. The smallest absolute Gasteiger partial charge is 0.387 e. The second-order valence-electron chi connectivity index (χ2n) is 5.29. The van der Waals surface area contributed by atoms with Crippen molar-refractivity contribution in [1.29, 1.82) is 0 Å². The van der Waals surface area contributed by atoms with Crippen LogP contribution in [0.2, 0.25) is 0 Å². The number of primary sulfonamides is 1. The maximum absolute atomic E-state index is 12.2. The molecule has 0 aliphatic carbocycles. The number of alkyl halides is 2. The van der Waals surface area contributed by atoms with E-state index in [1.807, 2.05) is 0 Å². The second-order valence-corrected chi connectivity index (χ2v) is 6.86. The van der Waals surface area contributed by atoms with Crippen LogP contribution in [0.4, 0.5) is 20.2 Å². The largest absolute Gasteiger partial charge is 0.435 e. The summed E-state index contributed by atoms with van der Waals surface area (Å²) in [5.74, 6) is -0.0144. The van der Waals surface area contributed by atoms with Gasteiger partial charge in [0.15, 0.2) is 0 Å². The van der Waals surface area contributed by atoms with Gasteiger partial charge in [0.05, 0.1) is 9.82 Å². The molecule has 8 nitrogen and oxygen atoms in total. The Bertz CT molecular complexity index is 904. The monoisotopic (exact) mass is 387 g/mol. The van der Waals surface area contributed by atoms with Crippen molar-refractivity contribution in [2.24, 2.45) is 5.14 Å². The van der Waals surface area contributed by atoms with Crippen molar-refractivity contribution in [3.05, 3.63) is 58.1 Å². The Morgan fingerprint density at radius 1 is 1.19 bits per heavy atom. The van der Waals surface area contributed by atoms with E-state index in [9.17, 15) is 27.3 Å². The molecule has 0 fully saturated rings. The molecule has 2 rings (SSSR count). The number of hydrogen-bond donors (Lipinski definition) is 2. The van der Waals surface area contributed by atoms with Gasteiger partial charge in [-0.25, -0.2) is 13.6 Å². The highest BCUT2D eigenvalue weighted by atomic mass is 32.2. The SMILES string of the molecule is CC(Nc1ccc(S(N)(=O)=O)cc1[N+](=O)[O-])c1ccc(OC(F)F)cc1. The van der Waals surface area contributed by atoms with Crippen LogP contribution in [0.5, 0.6) is 5.75 Å². The number of nitro groups is 1. The van der Waals surface area contributed by atoms with Gasteiger partial charge in [0.25, 0.3) is 5.69 Å². The van der Waals surface area contributed by atoms with Gasteiger partial charge in [-0.1, -0.05) is 12.1 Å². The highest BCUT2D eigenvalue weighted by molar-refractivity contribution is 7.89. The van der Waals surface area contributed by atoms with Crippen LogP contribution >= 0.6 is 0 Å². The van der Waals surface area contributed by atoms with Crippen LogP contribution in [0, 0.1) is 10.1 Å². The van der Waals surface area contributed by atoms with Crippen LogP contribution < -0.4 is 15.2 Å². The Balaban J connectivity index is 2.25. The van der Waals surface area contributed by atoms with E-state index in [4.69, 9.17) is 5.14 Å². The predicted octanol–water partition coefficient (Wildman–Crippen LogP) is 3.02. The molecule has 2 aromatic rings. The van der Waals surface area contributed by atoms with E-state index in [1.165, 1.54) is 30.3 Å². The van der Waals surface area contributed by atoms with Gasteiger partial charge in [0, 0.05) is 12.1 Å².